The summed E-state index contributed by atoms with van der Waals surface area (Å²) in [7, 11) is -2.93. The van der Waals surface area contributed by atoms with Gasteiger partial charge in [-0.1, -0.05) is 22.9 Å². The minimum atomic E-state index is -4.18. The number of halogens is 1. The van der Waals surface area contributed by atoms with Gasteiger partial charge < -0.3 is 9.15 Å². The number of hydrogen-bond donors (Lipinski definition) is 0. The number of ether oxygens (including phenoxy) is 1. The molecular formula is C21H20BrNO6S. The third kappa shape index (κ3) is 3.99. The van der Waals surface area contributed by atoms with Crippen LogP contribution in [0.15, 0.2) is 56.2 Å². The molecule has 0 aliphatic heterocycles. The summed E-state index contributed by atoms with van der Waals surface area (Å²) in [6.07, 6.45) is 0.522. The monoisotopic (exact) mass is 493 g/mol. The Bertz CT molecular complexity index is 1210. The van der Waals surface area contributed by atoms with E-state index in [-0.39, 0.29) is 22.6 Å². The smallest absolute Gasteiger partial charge is 0.342 e. The number of benzene rings is 2. The van der Waals surface area contributed by atoms with Gasteiger partial charge >= 0.3 is 5.97 Å². The molecule has 0 atom stereocenters. The summed E-state index contributed by atoms with van der Waals surface area (Å²) in [6.45, 7) is 3.41. The van der Waals surface area contributed by atoms with Crippen molar-refractivity contribution in [3.63, 3.8) is 0 Å². The minimum absolute atomic E-state index is 0.0215. The molecule has 30 heavy (non-hydrogen) atoms. The lowest BCUT2D eigenvalue weighted by atomic mass is 10.1. The predicted molar refractivity (Wildman–Crippen MR) is 116 cm³/mol. The fraction of sp³-hybridized carbons (Fsp3) is 0.238. The molecule has 1 amide bonds. The van der Waals surface area contributed by atoms with Gasteiger partial charge in [0.1, 0.15) is 16.9 Å². The number of esters is 1. The van der Waals surface area contributed by atoms with Crippen LogP contribution in [-0.2, 0) is 19.6 Å². The average Bonchev–Trinajstić information content (AvgIpc) is 3.03. The average molecular weight is 494 g/mol. The van der Waals surface area contributed by atoms with Crippen LogP contribution in [0.1, 0.15) is 35.9 Å². The van der Waals surface area contributed by atoms with Crippen molar-refractivity contribution in [1.29, 1.82) is 0 Å². The highest BCUT2D eigenvalue weighted by molar-refractivity contribution is 9.10. The summed E-state index contributed by atoms with van der Waals surface area (Å²) >= 11 is 3.28. The SMILES string of the molecule is CCCC(=O)N(c1ccc2oc(C)c(C(=O)OC)c2c1)S(=O)(=O)c1ccc(Br)cc1. The molecule has 0 bridgehead atoms. The lowest BCUT2D eigenvalue weighted by molar-refractivity contribution is -0.117. The van der Waals surface area contributed by atoms with Crippen molar-refractivity contribution in [2.45, 2.75) is 31.6 Å². The van der Waals surface area contributed by atoms with Crippen LogP contribution in [0.25, 0.3) is 11.0 Å². The Kier molecular flexibility index (Phi) is 6.33. The first-order chi connectivity index (χ1) is 14.2. The molecule has 0 fully saturated rings. The number of anilines is 1. The number of nitrogens with zero attached hydrogens (tertiary/aromatic N) is 1. The maximum atomic E-state index is 13.4. The molecule has 2 aromatic carbocycles. The molecule has 3 rings (SSSR count). The van der Waals surface area contributed by atoms with Gasteiger partial charge in [-0.2, -0.15) is 0 Å². The second-order valence-electron chi connectivity index (χ2n) is 6.57. The number of furan rings is 1. The first kappa shape index (κ1) is 22.0. The van der Waals surface area contributed by atoms with E-state index in [1.165, 1.54) is 37.4 Å². The number of carbonyl (C=O) groups is 2. The number of methoxy groups -OCH3 is 1. The van der Waals surface area contributed by atoms with E-state index in [4.69, 9.17) is 9.15 Å². The van der Waals surface area contributed by atoms with E-state index in [2.05, 4.69) is 15.9 Å². The molecule has 0 unspecified atom stereocenters. The van der Waals surface area contributed by atoms with Crippen LogP contribution in [0.3, 0.4) is 0 Å². The van der Waals surface area contributed by atoms with Crippen molar-refractivity contribution in [3.8, 4) is 0 Å². The highest BCUT2D eigenvalue weighted by atomic mass is 79.9. The van der Waals surface area contributed by atoms with Crippen LogP contribution in [0, 0.1) is 6.92 Å². The summed E-state index contributed by atoms with van der Waals surface area (Å²) < 4.78 is 38.6. The second kappa shape index (κ2) is 8.61. The molecular weight excluding hydrogens is 474 g/mol. The van der Waals surface area contributed by atoms with E-state index in [1.807, 2.05) is 0 Å². The summed E-state index contributed by atoms with van der Waals surface area (Å²) in [4.78, 5) is 25.0. The molecule has 0 aliphatic carbocycles. The van der Waals surface area contributed by atoms with Gasteiger partial charge in [-0.05, 0) is 55.8 Å². The first-order valence-electron chi connectivity index (χ1n) is 9.16. The predicted octanol–water partition coefficient (Wildman–Crippen LogP) is 4.81. The number of amides is 1. The maximum absolute atomic E-state index is 13.4. The van der Waals surface area contributed by atoms with Gasteiger partial charge in [-0.15, -0.1) is 0 Å². The number of fused-ring (bicyclic) bond motifs is 1. The Hall–Kier alpha value is -2.65. The number of carbonyl (C=O) groups excluding carboxylic acids is 2. The van der Waals surface area contributed by atoms with Gasteiger partial charge in [-0.25, -0.2) is 17.5 Å². The lowest BCUT2D eigenvalue weighted by Crippen LogP contribution is -2.36. The Morgan fingerprint density at radius 2 is 1.80 bits per heavy atom. The molecule has 1 heterocycles. The Morgan fingerprint density at radius 1 is 1.13 bits per heavy atom. The van der Waals surface area contributed by atoms with E-state index in [1.54, 1.807) is 26.0 Å². The highest BCUT2D eigenvalue weighted by Gasteiger charge is 2.31. The molecule has 0 radical (unpaired) electrons. The number of rotatable bonds is 6. The molecule has 0 saturated heterocycles. The van der Waals surface area contributed by atoms with Crippen LogP contribution < -0.4 is 4.31 Å². The van der Waals surface area contributed by atoms with Crippen LogP contribution in [0.5, 0.6) is 0 Å². The van der Waals surface area contributed by atoms with Gasteiger partial charge in [-0.3, -0.25) is 4.79 Å². The van der Waals surface area contributed by atoms with Crippen molar-refractivity contribution in [1.82, 2.24) is 0 Å². The molecule has 7 nitrogen and oxygen atoms in total. The van der Waals surface area contributed by atoms with Gasteiger partial charge in [0.15, 0.2) is 0 Å². The van der Waals surface area contributed by atoms with Crippen LogP contribution in [0.4, 0.5) is 5.69 Å². The van der Waals surface area contributed by atoms with Crippen LogP contribution >= 0.6 is 15.9 Å². The zero-order valence-corrected chi connectivity index (χ0v) is 19.0. The zero-order chi connectivity index (χ0) is 22.1. The molecule has 1 aromatic heterocycles. The van der Waals surface area contributed by atoms with Crippen molar-refractivity contribution >= 4 is 54.5 Å². The van der Waals surface area contributed by atoms with E-state index < -0.39 is 21.9 Å². The molecule has 0 spiro atoms. The largest absolute Gasteiger partial charge is 0.465 e. The number of aryl methyl sites for hydroxylation is 1. The van der Waals surface area contributed by atoms with E-state index in [0.717, 1.165) is 4.31 Å². The summed E-state index contributed by atoms with van der Waals surface area (Å²) in [5, 5.41) is 0.372. The van der Waals surface area contributed by atoms with Gasteiger partial charge in [0.25, 0.3) is 10.0 Å². The Morgan fingerprint density at radius 3 is 2.40 bits per heavy atom. The van der Waals surface area contributed by atoms with Crippen molar-refractivity contribution in [2.75, 3.05) is 11.4 Å². The molecule has 9 heteroatoms. The van der Waals surface area contributed by atoms with Crippen molar-refractivity contribution < 1.29 is 27.2 Å². The van der Waals surface area contributed by atoms with E-state index >= 15 is 0 Å². The normalized spacial score (nSPS) is 11.5. The Labute approximate surface area is 182 Å². The summed E-state index contributed by atoms with van der Waals surface area (Å²) in [6, 6.07) is 10.5. The quantitative estimate of drug-likeness (QED) is 0.457. The van der Waals surface area contributed by atoms with Crippen molar-refractivity contribution in [3.05, 3.63) is 58.3 Å². The summed E-state index contributed by atoms with van der Waals surface area (Å²) in [5.41, 5.74) is 0.702. The zero-order valence-electron chi connectivity index (χ0n) is 16.6. The summed E-state index contributed by atoms with van der Waals surface area (Å²) in [5.74, 6) is -0.832. The molecule has 0 saturated carbocycles. The number of sulfonamides is 1. The van der Waals surface area contributed by atoms with Crippen LogP contribution in [0.2, 0.25) is 0 Å². The highest BCUT2D eigenvalue weighted by Crippen LogP contribution is 2.33. The maximum Gasteiger partial charge on any atom is 0.342 e. The standard InChI is InChI=1S/C21H20BrNO6S/c1-4-5-19(24)23(30(26,27)16-9-6-14(22)7-10-16)15-8-11-18-17(12-15)20(13(2)29-18)21(25)28-3/h6-12H,4-5H2,1-3H3. The fourth-order valence-electron chi connectivity index (χ4n) is 3.13. The van der Waals surface area contributed by atoms with Crippen LogP contribution in [-0.4, -0.2) is 27.4 Å². The fourth-order valence-corrected chi connectivity index (χ4v) is 4.84. The second-order valence-corrected chi connectivity index (χ2v) is 9.27. The lowest BCUT2D eigenvalue weighted by Gasteiger charge is -2.22. The molecule has 3 aromatic rings. The van der Waals surface area contributed by atoms with Gasteiger partial charge in [0.05, 0.1) is 17.7 Å². The first-order valence-corrected chi connectivity index (χ1v) is 11.4. The third-order valence-electron chi connectivity index (χ3n) is 4.51. The van der Waals surface area contributed by atoms with Gasteiger partial charge in [0.2, 0.25) is 5.91 Å². The van der Waals surface area contributed by atoms with E-state index in [9.17, 15) is 18.0 Å². The molecule has 0 aliphatic rings. The van der Waals surface area contributed by atoms with Crippen molar-refractivity contribution in [2.24, 2.45) is 0 Å². The topological polar surface area (TPSA) is 93.9 Å². The number of hydrogen-bond acceptors (Lipinski definition) is 6. The third-order valence-corrected chi connectivity index (χ3v) is 6.81. The minimum Gasteiger partial charge on any atom is -0.465 e. The van der Waals surface area contributed by atoms with E-state index in [0.29, 0.717) is 27.6 Å². The molecule has 158 valence electrons. The Balaban J connectivity index is 2.22. The van der Waals surface area contributed by atoms with Gasteiger partial charge in [0, 0.05) is 16.3 Å². The molecule has 0 N–H and O–H groups in total.